The van der Waals surface area contributed by atoms with Gasteiger partial charge in [0.2, 0.25) is 5.91 Å². The van der Waals surface area contributed by atoms with Gasteiger partial charge >= 0.3 is 0 Å². The number of nitrogens with one attached hydrogen (secondary N) is 1. The van der Waals surface area contributed by atoms with Gasteiger partial charge in [-0.15, -0.1) is 5.10 Å². The summed E-state index contributed by atoms with van der Waals surface area (Å²) in [7, 11) is 1.70. The smallest absolute Gasteiger partial charge is 0.232 e. The molecule has 0 aliphatic rings. The third-order valence-corrected chi connectivity index (χ3v) is 2.63. The van der Waals surface area contributed by atoms with Crippen molar-refractivity contribution in [1.29, 1.82) is 0 Å². The molecule has 0 saturated heterocycles. The van der Waals surface area contributed by atoms with Gasteiger partial charge in [-0.05, 0) is 28.6 Å². The predicted molar refractivity (Wildman–Crippen MR) is 65.3 cm³/mol. The molecule has 17 heavy (non-hydrogen) atoms. The zero-order valence-corrected chi connectivity index (χ0v) is 10.7. The second kappa shape index (κ2) is 5.05. The molecule has 1 aromatic carbocycles. The predicted octanol–water partition coefficient (Wildman–Crippen LogP) is 1.15. The highest BCUT2D eigenvalue weighted by molar-refractivity contribution is 9.10. The van der Waals surface area contributed by atoms with Crippen molar-refractivity contribution in [3.63, 3.8) is 0 Å². The van der Waals surface area contributed by atoms with Crippen molar-refractivity contribution in [2.75, 3.05) is 5.32 Å². The molecule has 1 aromatic heterocycles. The molecule has 7 heteroatoms. The van der Waals surface area contributed by atoms with E-state index in [0.29, 0.717) is 5.82 Å². The molecule has 0 atom stereocenters. The number of nitrogens with zero attached hydrogens (tertiary/aromatic N) is 4. The third kappa shape index (κ3) is 3.10. The number of anilines is 1. The first-order chi connectivity index (χ1) is 8.15. The molecule has 0 bridgehead atoms. The van der Waals surface area contributed by atoms with Crippen LogP contribution in [0, 0.1) is 0 Å². The molecule has 2 aromatic rings. The lowest BCUT2D eigenvalue weighted by atomic mass is 10.3. The zero-order valence-electron chi connectivity index (χ0n) is 9.09. The number of aromatic nitrogens is 4. The van der Waals surface area contributed by atoms with Gasteiger partial charge in [-0.25, -0.2) is 4.68 Å². The van der Waals surface area contributed by atoms with Crippen LogP contribution in [0.15, 0.2) is 28.7 Å². The van der Waals surface area contributed by atoms with Gasteiger partial charge in [0, 0.05) is 17.2 Å². The molecule has 1 heterocycles. The first-order valence-corrected chi connectivity index (χ1v) is 5.71. The van der Waals surface area contributed by atoms with E-state index in [1.807, 2.05) is 24.3 Å². The number of carbonyl (C=O) groups is 1. The highest BCUT2D eigenvalue weighted by Crippen LogP contribution is 2.15. The fraction of sp³-hybridized carbons (Fsp3) is 0.200. The van der Waals surface area contributed by atoms with Crippen LogP contribution >= 0.6 is 15.9 Å². The lowest BCUT2D eigenvalue weighted by Gasteiger charge is -2.04. The number of tetrazole rings is 1. The van der Waals surface area contributed by atoms with E-state index < -0.39 is 0 Å². The largest absolute Gasteiger partial charge is 0.326 e. The summed E-state index contributed by atoms with van der Waals surface area (Å²) < 4.78 is 2.39. The summed E-state index contributed by atoms with van der Waals surface area (Å²) in [4.78, 5) is 11.7. The Hall–Kier alpha value is -1.76. The van der Waals surface area contributed by atoms with Crippen molar-refractivity contribution < 1.29 is 4.79 Å². The molecule has 1 N–H and O–H groups in total. The molecule has 0 unspecified atom stereocenters. The van der Waals surface area contributed by atoms with Crippen molar-refractivity contribution in [3.8, 4) is 0 Å². The molecule has 0 saturated carbocycles. The van der Waals surface area contributed by atoms with Gasteiger partial charge in [0.15, 0.2) is 5.82 Å². The average molecular weight is 296 g/mol. The van der Waals surface area contributed by atoms with E-state index >= 15 is 0 Å². The van der Waals surface area contributed by atoms with Gasteiger partial charge < -0.3 is 5.32 Å². The van der Waals surface area contributed by atoms with Crippen LogP contribution < -0.4 is 5.32 Å². The molecule has 2 rings (SSSR count). The first-order valence-electron chi connectivity index (χ1n) is 4.92. The summed E-state index contributed by atoms with van der Waals surface area (Å²) in [5, 5.41) is 13.6. The minimum Gasteiger partial charge on any atom is -0.326 e. The second-order valence-electron chi connectivity index (χ2n) is 3.45. The van der Waals surface area contributed by atoms with Gasteiger partial charge in [0.1, 0.15) is 0 Å². The summed E-state index contributed by atoms with van der Waals surface area (Å²) in [5.41, 5.74) is 0.736. The van der Waals surface area contributed by atoms with E-state index in [9.17, 15) is 4.79 Å². The molecule has 1 amide bonds. The van der Waals surface area contributed by atoms with Crippen LogP contribution in [-0.4, -0.2) is 26.1 Å². The number of halogens is 1. The Bertz CT molecular complexity index is 539. The van der Waals surface area contributed by atoms with E-state index in [-0.39, 0.29) is 12.3 Å². The average Bonchev–Trinajstić information content (AvgIpc) is 2.64. The molecule has 6 nitrogen and oxygen atoms in total. The SMILES string of the molecule is Cn1nnnc1CC(=O)Nc1cccc(Br)c1. The minimum absolute atomic E-state index is 0.149. The highest BCUT2D eigenvalue weighted by Gasteiger charge is 2.09. The highest BCUT2D eigenvalue weighted by atomic mass is 79.9. The molecule has 0 fully saturated rings. The van der Waals surface area contributed by atoms with E-state index in [1.54, 1.807) is 7.05 Å². The van der Waals surface area contributed by atoms with E-state index in [1.165, 1.54) is 4.68 Å². The van der Waals surface area contributed by atoms with Gasteiger partial charge in [0.25, 0.3) is 0 Å². The summed E-state index contributed by atoms with van der Waals surface area (Å²) in [6.45, 7) is 0. The zero-order chi connectivity index (χ0) is 12.3. The first kappa shape index (κ1) is 11.7. The fourth-order valence-corrected chi connectivity index (χ4v) is 1.71. The third-order valence-electron chi connectivity index (χ3n) is 2.13. The molecule has 0 aliphatic heterocycles. The number of benzene rings is 1. The van der Waals surface area contributed by atoms with Crippen molar-refractivity contribution >= 4 is 27.5 Å². The number of hydrogen-bond donors (Lipinski definition) is 1. The molecule has 88 valence electrons. The van der Waals surface area contributed by atoms with Crippen LogP contribution in [-0.2, 0) is 18.3 Å². The number of rotatable bonds is 3. The second-order valence-corrected chi connectivity index (χ2v) is 4.37. The maximum atomic E-state index is 11.7. The van der Waals surface area contributed by atoms with Gasteiger partial charge in [-0.1, -0.05) is 22.0 Å². The van der Waals surface area contributed by atoms with Crippen molar-refractivity contribution in [3.05, 3.63) is 34.6 Å². The molecular weight excluding hydrogens is 286 g/mol. The van der Waals surface area contributed by atoms with Crippen molar-refractivity contribution in [2.45, 2.75) is 6.42 Å². The van der Waals surface area contributed by atoms with Crippen molar-refractivity contribution in [1.82, 2.24) is 20.2 Å². The standard InChI is InChI=1S/C10H10BrN5O/c1-16-9(13-14-15-16)6-10(17)12-8-4-2-3-7(11)5-8/h2-5H,6H2,1H3,(H,12,17). The van der Waals surface area contributed by atoms with Gasteiger partial charge in [-0.2, -0.15) is 0 Å². The Morgan fingerprint density at radius 1 is 1.53 bits per heavy atom. The lowest BCUT2D eigenvalue weighted by molar-refractivity contribution is -0.115. The normalized spacial score (nSPS) is 10.2. The van der Waals surface area contributed by atoms with Crippen molar-refractivity contribution in [2.24, 2.45) is 7.05 Å². The minimum atomic E-state index is -0.152. The Balaban J connectivity index is 2.01. The summed E-state index contributed by atoms with van der Waals surface area (Å²) >= 11 is 3.34. The van der Waals surface area contributed by atoms with Gasteiger partial charge in [-0.3, -0.25) is 4.79 Å². The van der Waals surface area contributed by atoms with Crippen LogP contribution in [0.1, 0.15) is 5.82 Å². The summed E-state index contributed by atoms with van der Waals surface area (Å²) in [6, 6.07) is 7.39. The lowest BCUT2D eigenvalue weighted by Crippen LogP contribution is -2.17. The van der Waals surface area contributed by atoms with Crippen LogP contribution in [0.5, 0.6) is 0 Å². The number of amides is 1. The van der Waals surface area contributed by atoms with E-state index in [2.05, 4.69) is 36.8 Å². The number of carbonyl (C=O) groups excluding carboxylic acids is 1. The Labute approximate surface area is 106 Å². The van der Waals surface area contributed by atoms with Crippen LogP contribution in [0.2, 0.25) is 0 Å². The quantitative estimate of drug-likeness (QED) is 0.922. The molecular formula is C10H10BrN5O. The maximum Gasteiger partial charge on any atom is 0.232 e. The molecule has 0 spiro atoms. The fourth-order valence-electron chi connectivity index (χ4n) is 1.31. The van der Waals surface area contributed by atoms with E-state index in [0.717, 1.165) is 10.2 Å². The Morgan fingerprint density at radius 2 is 2.35 bits per heavy atom. The molecule has 0 aliphatic carbocycles. The monoisotopic (exact) mass is 295 g/mol. The number of aryl methyl sites for hydroxylation is 1. The topological polar surface area (TPSA) is 72.7 Å². The van der Waals surface area contributed by atoms with Crippen LogP contribution in [0.4, 0.5) is 5.69 Å². The summed E-state index contributed by atoms with van der Waals surface area (Å²) in [6.07, 6.45) is 0.149. The number of hydrogen-bond acceptors (Lipinski definition) is 4. The maximum absolute atomic E-state index is 11.7. The Morgan fingerprint density at radius 3 is 3.00 bits per heavy atom. The van der Waals surface area contributed by atoms with Gasteiger partial charge in [0.05, 0.1) is 6.42 Å². The molecule has 0 radical (unpaired) electrons. The van der Waals surface area contributed by atoms with E-state index in [4.69, 9.17) is 0 Å². The summed E-state index contributed by atoms with van der Waals surface area (Å²) in [5.74, 6) is 0.374. The van der Waals surface area contributed by atoms with Crippen LogP contribution in [0.3, 0.4) is 0 Å². The van der Waals surface area contributed by atoms with Crippen LogP contribution in [0.25, 0.3) is 0 Å². The Kier molecular flexibility index (Phi) is 3.48.